The van der Waals surface area contributed by atoms with E-state index in [-0.39, 0.29) is 23.8 Å². The Labute approximate surface area is 120 Å². The second-order valence-corrected chi connectivity index (χ2v) is 4.35. The summed E-state index contributed by atoms with van der Waals surface area (Å²) in [4.78, 5) is 26.3. The number of hydrogen-bond acceptors (Lipinski definition) is 5. The number of rotatable bonds is 6. The number of hydrogen-bond donors (Lipinski definition) is 2. The molecule has 0 aliphatic carbocycles. The molecule has 0 spiro atoms. The summed E-state index contributed by atoms with van der Waals surface area (Å²) >= 11 is 0. The van der Waals surface area contributed by atoms with Crippen LogP contribution in [0.1, 0.15) is 16.1 Å². The van der Waals surface area contributed by atoms with Crippen molar-refractivity contribution < 1.29 is 9.72 Å². The molecule has 1 heterocycles. The molecule has 1 aromatic heterocycles. The maximum Gasteiger partial charge on any atom is 0.274 e. The number of aromatic nitrogens is 2. The van der Waals surface area contributed by atoms with E-state index in [1.165, 1.54) is 12.4 Å². The lowest BCUT2D eigenvalue weighted by Gasteiger charge is -2.04. The Hall–Kier alpha value is -2.74. The SMILES string of the molecule is NCCn1cnc(C(=O)NCc2ccccc2[N+](=O)[O-])c1. The van der Waals surface area contributed by atoms with E-state index >= 15 is 0 Å². The number of amides is 1. The van der Waals surface area contributed by atoms with Gasteiger partial charge in [-0.05, 0) is 0 Å². The second kappa shape index (κ2) is 6.62. The molecule has 0 bridgehead atoms. The zero-order chi connectivity index (χ0) is 15.2. The van der Waals surface area contributed by atoms with Gasteiger partial charge in [-0.15, -0.1) is 0 Å². The van der Waals surface area contributed by atoms with Gasteiger partial charge in [-0.3, -0.25) is 14.9 Å². The first-order valence-electron chi connectivity index (χ1n) is 6.34. The summed E-state index contributed by atoms with van der Waals surface area (Å²) in [5.74, 6) is -0.385. The third kappa shape index (κ3) is 3.63. The molecule has 0 fully saturated rings. The van der Waals surface area contributed by atoms with Crippen molar-refractivity contribution in [2.75, 3.05) is 6.54 Å². The van der Waals surface area contributed by atoms with Crippen molar-refractivity contribution in [1.29, 1.82) is 0 Å². The first kappa shape index (κ1) is 14.7. The summed E-state index contributed by atoms with van der Waals surface area (Å²) in [7, 11) is 0. The number of benzene rings is 1. The predicted octanol–water partition coefficient (Wildman–Crippen LogP) is 0.680. The van der Waals surface area contributed by atoms with Gasteiger partial charge in [0, 0.05) is 37.5 Å². The number of carbonyl (C=O) groups is 1. The average Bonchev–Trinajstić information content (AvgIpc) is 2.94. The van der Waals surface area contributed by atoms with E-state index in [0.717, 1.165) is 0 Å². The van der Waals surface area contributed by atoms with Crippen LogP contribution in [0.25, 0.3) is 0 Å². The van der Waals surface area contributed by atoms with Crippen LogP contribution in [0, 0.1) is 10.1 Å². The quantitative estimate of drug-likeness (QED) is 0.599. The molecule has 0 unspecified atom stereocenters. The number of imidazole rings is 1. The lowest BCUT2D eigenvalue weighted by Crippen LogP contribution is -2.23. The molecule has 0 atom stereocenters. The van der Waals surface area contributed by atoms with Crippen LogP contribution in [-0.4, -0.2) is 26.9 Å². The number of carbonyl (C=O) groups excluding carboxylic acids is 1. The summed E-state index contributed by atoms with van der Waals surface area (Å²) in [5, 5.41) is 13.5. The largest absolute Gasteiger partial charge is 0.346 e. The van der Waals surface area contributed by atoms with Crippen LogP contribution in [-0.2, 0) is 13.1 Å². The highest BCUT2D eigenvalue weighted by Crippen LogP contribution is 2.17. The summed E-state index contributed by atoms with van der Waals surface area (Å²) in [6.45, 7) is 1.10. The Bertz CT molecular complexity index is 653. The monoisotopic (exact) mass is 289 g/mol. The van der Waals surface area contributed by atoms with Gasteiger partial charge < -0.3 is 15.6 Å². The minimum atomic E-state index is -0.475. The van der Waals surface area contributed by atoms with Gasteiger partial charge in [0.1, 0.15) is 5.69 Å². The van der Waals surface area contributed by atoms with Gasteiger partial charge in [0.25, 0.3) is 11.6 Å². The van der Waals surface area contributed by atoms with Gasteiger partial charge in [-0.1, -0.05) is 18.2 Å². The molecular weight excluding hydrogens is 274 g/mol. The van der Waals surface area contributed by atoms with Gasteiger partial charge in [0.2, 0.25) is 0 Å². The van der Waals surface area contributed by atoms with Crippen molar-refractivity contribution in [1.82, 2.24) is 14.9 Å². The van der Waals surface area contributed by atoms with Gasteiger partial charge in [0.05, 0.1) is 11.3 Å². The number of nitrogens with zero attached hydrogens (tertiary/aromatic N) is 3. The molecule has 0 radical (unpaired) electrons. The van der Waals surface area contributed by atoms with Crippen LogP contribution < -0.4 is 11.1 Å². The normalized spacial score (nSPS) is 10.3. The zero-order valence-electron chi connectivity index (χ0n) is 11.2. The number of nitro groups is 1. The predicted molar refractivity (Wildman–Crippen MR) is 75.5 cm³/mol. The number of nitrogens with two attached hydrogens (primary N) is 1. The van der Waals surface area contributed by atoms with E-state index in [0.29, 0.717) is 18.7 Å². The van der Waals surface area contributed by atoms with Crippen LogP contribution in [0.3, 0.4) is 0 Å². The lowest BCUT2D eigenvalue weighted by atomic mass is 10.2. The summed E-state index contributed by atoms with van der Waals surface area (Å²) in [6.07, 6.45) is 3.11. The average molecular weight is 289 g/mol. The molecule has 2 rings (SSSR count). The van der Waals surface area contributed by atoms with Crippen molar-refractivity contribution >= 4 is 11.6 Å². The maximum absolute atomic E-state index is 11.9. The Morgan fingerprint density at radius 3 is 2.90 bits per heavy atom. The molecule has 3 N–H and O–H groups in total. The molecular formula is C13H15N5O3. The third-order valence-electron chi connectivity index (χ3n) is 2.88. The highest BCUT2D eigenvalue weighted by Gasteiger charge is 2.14. The number of para-hydroxylation sites is 1. The van der Waals surface area contributed by atoms with Crippen molar-refractivity contribution in [3.63, 3.8) is 0 Å². The van der Waals surface area contributed by atoms with Gasteiger partial charge in [0.15, 0.2) is 0 Å². The Morgan fingerprint density at radius 1 is 1.43 bits per heavy atom. The zero-order valence-corrected chi connectivity index (χ0v) is 11.2. The van der Waals surface area contributed by atoms with E-state index in [1.54, 1.807) is 29.0 Å². The van der Waals surface area contributed by atoms with E-state index in [1.807, 2.05) is 0 Å². The van der Waals surface area contributed by atoms with Crippen molar-refractivity contribution in [3.05, 3.63) is 58.2 Å². The van der Waals surface area contributed by atoms with E-state index < -0.39 is 4.92 Å². The van der Waals surface area contributed by atoms with Gasteiger partial charge >= 0.3 is 0 Å². The molecule has 0 aliphatic heterocycles. The van der Waals surface area contributed by atoms with E-state index in [9.17, 15) is 14.9 Å². The highest BCUT2D eigenvalue weighted by atomic mass is 16.6. The Kier molecular flexibility index (Phi) is 4.62. The highest BCUT2D eigenvalue weighted by molar-refractivity contribution is 5.92. The summed E-state index contributed by atoms with van der Waals surface area (Å²) in [6, 6.07) is 6.27. The molecule has 8 heteroatoms. The second-order valence-electron chi connectivity index (χ2n) is 4.35. The summed E-state index contributed by atoms with van der Waals surface area (Å²) < 4.78 is 1.71. The van der Waals surface area contributed by atoms with Gasteiger partial charge in [-0.25, -0.2) is 4.98 Å². The van der Waals surface area contributed by atoms with Crippen LogP contribution in [0.2, 0.25) is 0 Å². The first-order valence-corrected chi connectivity index (χ1v) is 6.34. The fourth-order valence-electron chi connectivity index (χ4n) is 1.85. The topological polar surface area (TPSA) is 116 Å². The summed E-state index contributed by atoms with van der Waals surface area (Å²) in [5.41, 5.74) is 6.08. The lowest BCUT2D eigenvalue weighted by molar-refractivity contribution is -0.385. The van der Waals surface area contributed by atoms with Crippen molar-refractivity contribution in [2.24, 2.45) is 5.73 Å². The molecule has 2 aromatic rings. The van der Waals surface area contributed by atoms with E-state index in [4.69, 9.17) is 5.73 Å². The smallest absolute Gasteiger partial charge is 0.274 e. The molecule has 0 aliphatic rings. The molecule has 1 aromatic carbocycles. The molecule has 21 heavy (non-hydrogen) atoms. The minimum Gasteiger partial charge on any atom is -0.346 e. The molecule has 110 valence electrons. The van der Waals surface area contributed by atoms with Crippen molar-refractivity contribution in [3.8, 4) is 0 Å². The van der Waals surface area contributed by atoms with Crippen molar-refractivity contribution in [2.45, 2.75) is 13.1 Å². The molecule has 1 amide bonds. The molecule has 8 nitrogen and oxygen atoms in total. The maximum atomic E-state index is 11.9. The van der Waals surface area contributed by atoms with Crippen LogP contribution in [0.15, 0.2) is 36.8 Å². The Balaban J connectivity index is 2.02. The standard InChI is InChI=1S/C13H15N5O3/c14-5-6-17-8-11(16-9-17)13(19)15-7-10-3-1-2-4-12(10)18(20)21/h1-4,8-9H,5-7,14H2,(H,15,19). The fourth-order valence-corrected chi connectivity index (χ4v) is 1.85. The minimum absolute atomic E-state index is 0.0218. The third-order valence-corrected chi connectivity index (χ3v) is 2.88. The van der Waals surface area contributed by atoms with Crippen LogP contribution in [0.5, 0.6) is 0 Å². The van der Waals surface area contributed by atoms with E-state index in [2.05, 4.69) is 10.3 Å². The fraction of sp³-hybridized carbons (Fsp3) is 0.231. The Morgan fingerprint density at radius 2 is 2.19 bits per heavy atom. The molecule has 0 saturated carbocycles. The number of nitrogens with one attached hydrogen (secondary N) is 1. The van der Waals surface area contributed by atoms with Crippen LogP contribution >= 0.6 is 0 Å². The molecule has 0 saturated heterocycles. The van der Waals surface area contributed by atoms with Crippen LogP contribution in [0.4, 0.5) is 5.69 Å². The number of nitro benzene ring substituents is 1. The first-order chi connectivity index (χ1) is 10.1. The van der Waals surface area contributed by atoms with Gasteiger partial charge in [-0.2, -0.15) is 0 Å².